The molecule has 0 amide bonds. The molecule has 1 aromatic heterocycles. The number of aromatic nitrogens is 1. The van der Waals surface area contributed by atoms with Crippen molar-refractivity contribution in [2.75, 3.05) is 19.0 Å². The number of benzene rings is 1. The van der Waals surface area contributed by atoms with Gasteiger partial charge in [0.15, 0.2) is 15.8 Å². The first-order valence-corrected chi connectivity index (χ1v) is 7.00. The molecule has 1 aliphatic heterocycles. The third-order valence-corrected chi connectivity index (χ3v) is 4.36. The van der Waals surface area contributed by atoms with Crippen molar-refractivity contribution in [2.45, 2.75) is 11.3 Å². The Morgan fingerprint density at radius 2 is 2.25 bits per heavy atom. The average Bonchev–Trinajstić information content (AvgIpc) is 2.72. The van der Waals surface area contributed by atoms with Gasteiger partial charge in [-0.3, -0.25) is 0 Å². The fraction of sp³-hybridized carbons (Fsp3) is 0.364. The van der Waals surface area contributed by atoms with Crippen LogP contribution in [0.1, 0.15) is 6.92 Å². The number of thiazole rings is 1. The Morgan fingerprint density at radius 1 is 1.38 bits per heavy atom. The summed E-state index contributed by atoms with van der Waals surface area (Å²) in [7, 11) is 0. The second-order valence-electron chi connectivity index (χ2n) is 3.35. The quantitative estimate of drug-likeness (QED) is 0.769. The average molecular weight is 253 g/mol. The first kappa shape index (κ1) is 10.2. The van der Waals surface area contributed by atoms with E-state index in [4.69, 9.17) is 9.47 Å². The fourth-order valence-electron chi connectivity index (χ4n) is 1.66. The summed E-state index contributed by atoms with van der Waals surface area (Å²) in [6, 6.07) is 4.02. The largest absolute Gasteiger partial charge is 0.486 e. The van der Waals surface area contributed by atoms with E-state index in [-0.39, 0.29) is 0 Å². The molecule has 3 rings (SSSR count). The predicted molar refractivity (Wildman–Crippen MR) is 67.0 cm³/mol. The smallest absolute Gasteiger partial charge is 0.188 e. The molecule has 0 atom stereocenters. The van der Waals surface area contributed by atoms with Gasteiger partial charge in [0, 0.05) is 0 Å². The molecule has 0 bridgehead atoms. The maximum absolute atomic E-state index is 5.64. The van der Waals surface area contributed by atoms with Gasteiger partial charge in [0.1, 0.15) is 18.7 Å². The Hall–Kier alpha value is -0.940. The van der Waals surface area contributed by atoms with Crippen LogP contribution in [0.5, 0.6) is 11.5 Å². The molecule has 0 saturated carbocycles. The Bertz CT molecular complexity index is 524. The number of nitrogens with zero attached hydrogens (tertiary/aromatic N) is 1. The lowest BCUT2D eigenvalue weighted by atomic mass is 10.3. The van der Waals surface area contributed by atoms with Gasteiger partial charge in [-0.25, -0.2) is 4.98 Å². The topological polar surface area (TPSA) is 31.4 Å². The molecule has 0 radical (unpaired) electrons. The molecule has 0 saturated heterocycles. The lowest BCUT2D eigenvalue weighted by Crippen LogP contribution is -2.15. The van der Waals surface area contributed by atoms with E-state index in [0.29, 0.717) is 13.2 Å². The van der Waals surface area contributed by atoms with Crippen LogP contribution >= 0.6 is 23.1 Å². The van der Waals surface area contributed by atoms with Crippen LogP contribution in [0.3, 0.4) is 0 Å². The van der Waals surface area contributed by atoms with E-state index in [1.54, 1.807) is 23.1 Å². The summed E-state index contributed by atoms with van der Waals surface area (Å²) in [4.78, 5) is 4.59. The number of fused-ring (bicyclic) bond motifs is 3. The van der Waals surface area contributed by atoms with Crippen LogP contribution in [0.25, 0.3) is 10.2 Å². The van der Waals surface area contributed by atoms with Gasteiger partial charge in [-0.1, -0.05) is 18.7 Å². The zero-order chi connectivity index (χ0) is 11.0. The van der Waals surface area contributed by atoms with Gasteiger partial charge in [-0.15, -0.1) is 11.3 Å². The zero-order valence-electron chi connectivity index (χ0n) is 8.86. The standard InChI is InChI=1S/C11H11NO2S2/c1-2-15-11-12-9-8(16-11)4-3-7-10(9)14-6-5-13-7/h3-4H,2,5-6H2,1H3. The van der Waals surface area contributed by atoms with Crippen LogP contribution in [0.4, 0.5) is 0 Å². The van der Waals surface area contributed by atoms with Crippen molar-refractivity contribution in [1.82, 2.24) is 4.98 Å². The summed E-state index contributed by atoms with van der Waals surface area (Å²) in [6.45, 7) is 3.37. The number of rotatable bonds is 2. The van der Waals surface area contributed by atoms with Crippen LogP contribution in [0.15, 0.2) is 16.5 Å². The van der Waals surface area contributed by atoms with Crippen LogP contribution in [0.2, 0.25) is 0 Å². The van der Waals surface area contributed by atoms with Crippen LogP contribution in [-0.4, -0.2) is 24.0 Å². The first-order valence-electron chi connectivity index (χ1n) is 5.20. The molecule has 5 heteroatoms. The molecular weight excluding hydrogens is 242 g/mol. The SMILES string of the molecule is CCSc1nc2c3c(ccc2s1)OCCO3. The molecule has 0 unspecified atom stereocenters. The summed E-state index contributed by atoms with van der Waals surface area (Å²) in [5.74, 6) is 2.67. The van der Waals surface area contributed by atoms with Gasteiger partial charge in [-0.05, 0) is 17.9 Å². The number of ether oxygens (including phenoxy) is 2. The number of hydrogen-bond donors (Lipinski definition) is 0. The lowest BCUT2D eigenvalue weighted by Gasteiger charge is -2.17. The molecule has 1 aliphatic rings. The maximum Gasteiger partial charge on any atom is 0.188 e. The first-order chi connectivity index (χ1) is 7.88. The minimum absolute atomic E-state index is 0.611. The third kappa shape index (κ3) is 1.64. The summed E-state index contributed by atoms with van der Waals surface area (Å²) in [6.07, 6.45) is 0. The highest BCUT2D eigenvalue weighted by Crippen LogP contribution is 2.41. The molecule has 16 heavy (non-hydrogen) atoms. The molecule has 0 spiro atoms. The number of thioether (sulfide) groups is 1. The Morgan fingerprint density at radius 3 is 3.12 bits per heavy atom. The van der Waals surface area contributed by atoms with Crippen molar-refractivity contribution in [1.29, 1.82) is 0 Å². The van der Waals surface area contributed by atoms with E-state index in [2.05, 4.69) is 18.0 Å². The second kappa shape index (κ2) is 4.14. The molecule has 84 valence electrons. The van der Waals surface area contributed by atoms with Gasteiger partial charge in [0.25, 0.3) is 0 Å². The van der Waals surface area contributed by atoms with Crippen molar-refractivity contribution in [3.8, 4) is 11.5 Å². The highest BCUT2D eigenvalue weighted by atomic mass is 32.2. The Balaban J connectivity index is 2.15. The summed E-state index contributed by atoms with van der Waals surface area (Å²) < 4.78 is 13.4. The molecule has 0 aliphatic carbocycles. The summed E-state index contributed by atoms with van der Waals surface area (Å²) in [5.41, 5.74) is 0.943. The van der Waals surface area contributed by atoms with Gasteiger partial charge in [-0.2, -0.15) is 0 Å². The second-order valence-corrected chi connectivity index (χ2v) is 5.89. The van der Waals surface area contributed by atoms with E-state index in [1.165, 1.54) is 4.70 Å². The monoisotopic (exact) mass is 253 g/mol. The molecule has 0 fully saturated rings. The van der Waals surface area contributed by atoms with E-state index < -0.39 is 0 Å². The van der Waals surface area contributed by atoms with E-state index >= 15 is 0 Å². The zero-order valence-corrected chi connectivity index (χ0v) is 10.5. The molecule has 3 nitrogen and oxygen atoms in total. The molecular formula is C11H11NO2S2. The molecule has 2 heterocycles. The fourth-order valence-corrected chi connectivity index (χ4v) is 3.62. The van der Waals surface area contributed by atoms with E-state index in [0.717, 1.165) is 27.1 Å². The molecule has 1 aromatic carbocycles. The van der Waals surface area contributed by atoms with Gasteiger partial charge in [0.2, 0.25) is 0 Å². The van der Waals surface area contributed by atoms with Gasteiger partial charge in [0.05, 0.1) is 4.70 Å². The van der Waals surface area contributed by atoms with Gasteiger partial charge < -0.3 is 9.47 Å². The van der Waals surface area contributed by atoms with Gasteiger partial charge >= 0.3 is 0 Å². The van der Waals surface area contributed by atoms with Crippen LogP contribution in [-0.2, 0) is 0 Å². The minimum atomic E-state index is 0.611. The minimum Gasteiger partial charge on any atom is -0.486 e. The third-order valence-electron chi connectivity index (χ3n) is 2.31. The van der Waals surface area contributed by atoms with Crippen molar-refractivity contribution < 1.29 is 9.47 Å². The Labute approximate surface area is 102 Å². The highest BCUT2D eigenvalue weighted by molar-refractivity contribution is 8.01. The van der Waals surface area contributed by atoms with Crippen molar-refractivity contribution in [3.63, 3.8) is 0 Å². The maximum atomic E-state index is 5.64. The van der Waals surface area contributed by atoms with Crippen molar-refractivity contribution in [3.05, 3.63) is 12.1 Å². The van der Waals surface area contributed by atoms with E-state index in [1.807, 2.05) is 6.07 Å². The predicted octanol–water partition coefficient (Wildman–Crippen LogP) is 3.18. The Kier molecular flexibility index (Phi) is 2.65. The highest BCUT2D eigenvalue weighted by Gasteiger charge is 2.18. The van der Waals surface area contributed by atoms with Crippen LogP contribution in [0, 0.1) is 0 Å². The van der Waals surface area contributed by atoms with E-state index in [9.17, 15) is 0 Å². The van der Waals surface area contributed by atoms with Crippen LogP contribution < -0.4 is 9.47 Å². The lowest BCUT2D eigenvalue weighted by molar-refractivity contribution is 0.173. The van der Waals surface area contributed by atoms with Crippen molar-refractivity contribution >= 4 is 33.3 Å². The summed E-state index contributed by atoms with van der Waals surface area (Å²) >= 11 is 3.47. The molecule has 2 aromatic rings. The normalized spacial score (nSPS) is 14.3. The van der Waals surface area contributed by atoms with Crippen molar-refractivity contribution in [2.24, 2.45) is 0 Å². The summed E-state index contributed by atoms with van der Waals surface area (Å²) in [5, 5.41) is 0. The number of hydrogen-bond acceptors (Lipinski definition) is 5. The molecule has 0 N–H and O–H groups in total.